The number of carbonyl (C=O) groups is 2. The first-order valence-corrected chi connectivity index (χ1v) is 13.0. The molecule has 37 heavy (non-hydrogen) atoms. The normalized spacial score (nSPS) is 17.9. The first kappa shape index (κ1) is 24.9. The molecule has 3 aromatic rings. The Balaban J connectivity index is 1.54. The first-order valence-electron chi connectivity index (χ1n) is 11.4. The summed E-state index contributed by atoms with van der Waals surface area (Å²) in [5, 5.41) is 1.19. The van der Waals surface area contributed by atoms with Crippen LogP contribution in [0.5, 0.6) is 5.75 Å². The molecule has 0 unspecified atom stereocenters. The second-order valence-corrected chi connectivity index (χ2v) is 10.0. The van der Waals surface area contributed by atoms with Crippen LogP contribution in [0.1, 0.15) is 17.3 Å². The van der Waals surface area contributed by atoms with E-state index < -0.39 is 11.8 Å². The SMILES string of the molecule is CCOC(=O)c1ccc(N=C2SC(=C3Sc4ccc(OC)cc4N3C)C(=O)N2c2ccc(F)cc2)cc1. The molecule has 10 heteroatoms. The lowest BCUT2D eigenvalue weighted by atomic mass is 10.2. The molecule has 0 N–H and O–H groups in total. The fourth-order valence-corrected chi connectivity index (χ4v) is 6.17. The summed E-state index contributed by atoms with van der Waals surface area (Å²) in [6.45, 7) is 2.03. The maximum absolute atomic E-state index is 13.8. The van der Waals surface area contributed by atoms with E-state index in [0.29, 0.717) is 27.0 Å². The van der Waals surface area contributed by atoms with Gasteiger partial charge in [-0.1, -0.05) is 11.8 Å². The van der Waals surface area contributed by atoms with Gasteiger partial charge in [0, 0.05) is 18.0 Å². The van der Waals surface area contributed by atoms with Gasteiger partial charge < -0.3 is 14.4 Å². The number of benzene rings is 3. The molecule has 2 aliphatic rings. The van der Waals surface area contributed by atoms with Crippen molar-refractivity contribution in [1.29, 1.82) is 0 Å². The molecule has 0 bridgehead atoms. The summed E-state index contributed by atoms with van der Waals surface area (Å²) in [7, 11) is 3.52. The van der Waals surface area contributed by atoms with Crippen LogP contribution in [0.3, 0.4) is 0 Å². The summed E-state index contributed by atoms with van der Waals surface area (Å²) >= 11 is 2.75. The van der Waals surface area contributed by atoms with Crippen LogP contribution >= 0.6 is 23.5 Å². The maximum Gasteiger partial charge on any atom is 0.338 e. The highest BCUT2D eigenvalue weighted by Crippen LogP contribution is 2.51. The van der Waals surface area contributed by atoms with E-state index in [2.05, 4.69) is 0 Å². The Kier molecular flexibility index (Phi) is 6.94. The molecule has 0 saturated carbocycles. The molecule has 1 amide bonds. The van der Waals surface area contributed by atoms with Crippen LogP contribution in [0.15, 0.2) is 86.6 Å². The average molecular weight is 536 g/mol. The van der Waals surface area contributed by atoms with Crippen molar-refractivity contribution in [2.45, 2.75) is 11.8 Å². The van der Waals surface area contributed by atoms with Crippen LogP contribution in [0.2, 0.25) is 0 Å². The molecule has 1 fully saturated rings. The Morgan fingerprint density at radius 3 is 2.43 bits per heavy atom. The Hall–Kier alpha value is -3.76. The molecular formula is C27H22FN3O4S2. The Morgan fingerprint density at radius 2 is 1.76 bits per heavy atom. The molecule has 0 radical (unpaired) electrons. The van der Waals surface area contributed by atoms with Gasteiger partial charge in [-0.15, -0.1) is 0 Å². The monoisotopic (exact) mass is 535 g/mol. The van der Waals surface area contributed by atoms with Crippen molar-refractivity contribution in [3.05, 3.63) is 88.0 Å². The van der Waals surface area contributed by atoms with Crippen molar-refractivity contribution in [2.24, 2.45) is 4.99 Å². The van der Waals surface area contributed by atoms with Gasteiger partial charge in [0.25, 0.3) is 5.91 Å². The van der Waals surface area contributed by atoms with Crippen molar-refractivity contribution in [3.8, 4) is 5.75 Å². The standard InChI is InChI=1S/C27H22FN3O4S2/c1-4-35-26(33)16-5-9-18(10-6-16)29-27-31(19-11-7-17(28)8-12-19)24(32)23(37-27)25-30(2)21-15-20(34-3)13-14-22(21)36-25/h5-15H,4H2,1-3H3. The van der Waals surface area contributed by atoms with Gasteiger partial charge in [-0.05, 0) is 79.3 Å². The van der Waals surface area contributed by atoms with Gasteiger partial charge >= 0.3 is 5.97 Å². The third kappa shape index (κ3) is 4.82. The number of methoxy groups -OCH3 is 1. The van der Waals surface area contributed by atoms with E-state index in [1.165, 1.54) is 40.6 Å². The predicted molar refractivity (Wildman–Crippen MR) is 145 cm³/mol. The lowest BCUT2D eigenvalue weighted by Gasteiger charge is -2.17. The summed E-state index contributed by atoms with van der Waals surface area (Å²) in [5.74, 6) is -0.341. The number of aliphatic imine (C=N–C) groups is 1. The Bertz CT molecular complexity index is 1440. The molecule has 2 aliphatic heterocycles. The number of nitrogens with zero attached hydrogens (tertiary/aromatic N) is 3. The van der Waals surface area contributed by atoms with Crippen LogP contribution in [-0.2, 0) is 9.53 Å². The van der Waals surface area contributed by atoms with Gasteiger partial charge in [0.1, 0.15) is 16.5 Å². The maximum atomic E-state index is 13.8. The van der Waals surface area contributed by atoms with E-state index in [4.69, 9.17) is 14.5 Å². The molecule has 0 spiro atoms. The van der Waals surface area contributed by atoms with Gasteiger partial charge in [-0.25, -0.2) is 14.2 Å². The van der Waals surface area contributed by atoms with Crippen LogP contribution < -0.4 is 14.5 Å². The number of halogens is 1. The number of hydrogen-bond acceptors (Lipinski definition) is 8. The van der Waals surface area contributed by atoms with Crippen LogP contribution in [0, 0.1) is 5.82 Å². The lowest BCUT2D eigenvalue weighted by molar-refractivity contribution is -0.113. The number of esters is 1. The van der Waals surface area contributed by atoms with Crippen molar-refractivity contribution in [1.82, 2.24) is 0 Å². The fraction of sp³-hybridized carbons (Fsp3) is 0.148. The second-order valence-electron chi connectivity index (χ2n) is 8.01. The zero-order valence-corrected chi connectivity index (χ0v) is 21.9. The van der Waals surface area contributed by atoms with Crippen molar-refractivity contribution < 1.29 is 23.5 Å². The number of thioether (sulfide) groups is 2. The van der Waals surface area contributed by atoms with Crippen LogP contribution in [0.25, 0.3) is 0 Å². The minimum absolute atomic E-state index is 0.257. The van der Waals surface area contributed by atoms with Gasteiger partial charge in [0.15, 0.2) is 5.17 Å². The van der Waals surface area contributed by atoms with Crippen molar-refractivity contribution in [3.63, 3.8) is 0 Å². The molecular weight excluding hydrogens is 513 g/mol. The summed E-state index contributed by atoms with van der Waals surface area (Å²) in [4.78, 5) is 35.4. The minimum Gasteiger partial charge on any atom is -0.497 e. The Labute approximate surface area is 222 Å². The van der Waals surface area contributed by atoms with Crippen LogP contribution in [-0.4, -0.2) is 37.8 Å². The summed E-state index contributed by atoms with van der Waals surface area (Å²) in [6.07, 6.45) is 0. The number of carbonyl (C=O) groups excluding carboxylic acids is 2. The van der Waals surface area contributed by atoms with E-state index in [0.717, 1.165) is 21.4 Å². The molecule has 0 aromatic heterocycles. The quantitative estimate of drug-likeness (QED) is 0.285. The summed E-state index contributed by atoms with van der Waals surface area (Å²) in [5.41, 5.74) is 2.41. The van der Waals surface area contributed by atoms with E-state index in [1.54, 1.807) is 50.4 Å². The molecule has 188 valence electrons. The highest BCUT2D eigenvalue weighted by atomic mass is 32.2. The molecule has 1 saturated heterocycles. The number of anilines is 2. The number of fused-ring (bicyclic) bond motifs is 1. The number of ether oxygens (including phenoxy) is 2. The van der Waals surface area contributed by atoms with E-state index >= 15 is 0 Å². The van der Waals surface area contributed by atoms with Crippen LogP contribution in [0.4, 0.5) is 21.5 Å². The summed E-state index contributed by atoms with van der Waals surface area (Å²) in [6, 6.07) is 18.1. The van der Waals surface area contributed by atoms with Gasteiger partial charge in [0.2, 0.25) is 0 Å². The minimum atomic E-state index is -0.412. The third-order valence-corrected chi connectivity index (χ3v) is 8.10. The zero-order chi connectivity index (χ0) is 26.1. The first-order chi connectivity index (χ1) is 17.9. The van der Waals surface area contributed by atoms with E-state index in [-0.39, 0.29) is 12.5 Å². The number of rotatable bonds is 5. The van der Waals surface area contributed by atoms with Gasteiger partial charge in [0.05, 0.1) is 41.4 Å². The van der Waals surface area contributed by atoms with E-state index in [1.807, 2.05) is 30.1 Å². The summed E-state index contributed by atoms with van der Waals surface area (Å²) < 4.78 is 24.1. The second kappa shape index (κ2) is 10.3. The molecule has 0 aliphatic carbocycles. The van der Waals surface area contributed by atoms with Gasteiger partial charge in [-0.3, -0.25) is 9.69 Å². The Morgan fingerprint density at radius 1 is 1.03 bits per heavy atom. The number of amides is 1. The highest BCUT2D eigenvalue weighted by molar-refractivity contribution is 8.20. The number of amidine groups is 1. The fourth-order valence-electron chi connectivity index (χ4n) is 3.84. The highest BCUT2D eigenvalue weighted by Gasteiger charge is 2.40. The number of hydrogen-bond donors (Lipinski definition) is 0. The van der Waals surface area contributed by atoms with Crippen molar-refractivity contribution in [2.75, 3.05) is 30.6 Å². The smallest absolute Gasteiger partial charge is 0.338 e. The molecule has 7 nitrogen and oxygen atoms in total. The van der Waals surface area contributed by atoms with Gasteiger partial charge in [-0.2, -0.15) is 0 Å². The van der Waals surface area contributed by atoms with Crippen molar-refractivity contribution >= 4 is 57.6 Å². The third-order valence-electron chi connectivity index (χ3n) is 5.70. The average Bonchev–Trinajstić information content (AvgIpc) is 3.40. The topological polar surface area (TPSA) is 71.4 Å². The molecule has 3 aromatic carbocycles. The molecule has 0 atom stereocenters. The van der Waals surface area contributed by atoms with E-state index in [9.17, 15) is 14.0 Å². The molecule has 5 rings (SSSR count). The zero-order valence-electron chi connectivity index (χ0n) is 20.2. The predicted octanol–water partition coefficient (Wildman–Crippen LogP) is 6.19. The molecule has 2 heterocycles. The largest absolute Gasteiger partial charge is 0.497 e. The lowest BCUT2D eigenvalue weighted by Crippen LogP contribution is -2.29.